The van der Waals surface area contributed by atoms with Gasteiger partial charge < -0.3 is 14.4 Å². The molecule has 0 saturated heterocycles. The van der Waals surface area contributed by atoms with Gasteiger partial charge in [-0.2, -0.15) is 5.10 Å². The maximum Gasteiger partial charge on any atom is 0.259 e. The van der Waals surface area contributed by atoms with Gasteiger partial charge in [-0.15, -0.1) is 0 Å². The van der Waals surface area contributed by atoms with E-state index in [0.717, 1.165) is 21.4 Å². The molecule has 150 valence electrons. The first kappa shape index (κ1) is 18.9. The number of aromatic nitrogens is 3. The Hall–Kier alpha value is -3.49. The number of nitrogens with zero attached hydrogens (tertiary/aromatic N) is 4. The fourth-order valence-corrected chi connectivity index (χ4v) is 3.33. The van der Waals surface area contributed by atoms with E-state index in [1.165, 1.54) is 31.5 Å². The quantitative estimate of drug-likeness (QED) is 0.635. The van der Waals surface area contributed by atoms with Crippen molar-refractivity contribution < 1.29 is 23.0 Å². The molecule has 7 nitrogen and oxygen atoms in total. The summed E-state index contributed by atoms with van der Waals surface area (Å²) < 4.78 is 36.7. The lowest BCUT2D eigenvalue weighted by atomic mass is 10.0. The van der Waals surface area contributed by atoms with E-state index < -0.39 is 13.0 Å². The molecule has 1 aromatic carbocycles. The van der Waals surface area contributed by atoms with Gasteiger partial charge in [-0.1, -0.05) is 6.07 Å². The number of fused-ring (bicyclic) bond motifs is 1. The molecular weight excluding hydrogens is 382 g/mol. The van der Waals surface area contributed by atoms with Gasteiger partial charge in [0.15, 0.2) is 5.75 Å². The summed E-state index contributed by atoms with van der Waals surface area (Å²) in [5, 5.41) is 3.91. The van der Waals surface area contributed by atoms with Crippen molar-refractivity contribution in [2.75, 3.05) is 19.1 Å². The molecule has 2 aromatic heterocycles. The monoisotopic (exact) mass is 400 g/mol. The number of hydrogen-bond acceptors (Lipinski definition) is 5. The number of hydrogen-bond donors (Lipinski definition) is 0. The maximum absolute atomic E-state index is 12.8. The minimum absolute atomic E-state index is 0.186. The largest absolute Gasteiger partial charge is 0.491 e. The third-order valence-corrected chi connectivity index (χ3v) is 4.73. The van der Waals surface area contributed by atoms with Crippen LogP contribution in [0.1, 0.15) is 15.9 Å². The minimum Gasteiger partial charge on any atom is -0.491 e. The molecule has 1 amide bonds. The van der Waals surface area contributed by atoms with E-state index in [0.29, 0.717) is 29.4 Å². The maximum atomic E-state index is 12.8. The highest BCUT2D eigenvalue weighted by molar-refractivity contribution is 6.10. The molecule has 0 saturated carbocycles. The van der Waals surface area contributed by atoms with Crippen LogP contribution in [0.2, 0.25) is 0 Å². The van der Waals surface area contributed by atoms with Crippen LogP contribution in [-0.2, 0) is 13.1 Å². The summed E-state index contributed by atoms with van der Waals surface area (Å²) in [6.45, 7) is -0.172. The van der Waals surface area contributed by atoms with E-state index in [9.17, 15) is 13.6 Å². The topological polar surface area (TPSA) is 69.5 Å². The average Bonchev–Trinajstić information content (AvgIpc) is 3.30. The molecule has 1 aliphatic heterocycles. The third kappa shape index (κ3) is 3.51. The molecule has 4 rings (SSSR count). The smallest absolute Gasteiger partial charge is 0.259 e. The summed E-state index contributed by atoms with van der Waals surface area (Å²) in [5.74, 6) is 0.711. The zero-order valence-corrected chi connectivity index (χ0v) is 15.8. The molecule has 1 aliphatic rings. The molecule has 3 aromatic rings. The molecule has 0 radical (unpaired) electrons. The van der Waals surface area contributed by atoms with Crippen molar-refractivity contribution in [1.29, 1.82) is 0 Å². The molecule has 0 atom stereocenters. The van der Waals surface area contributed by atoms with E-state index in [-0.39, 0.29) is 5.91 Å². The number of halogens is 2. The van der Waals surface area contributed by atoms with Gasteiger partial charge >= 0.3 is 0 Å². The van der Waals surface area contributed by atoms with E-state index in [1.54, 1.807) is 12.3 Å². The van der Waals surface area contributed by atoms with Crippen LogP contribution in [0.4, 0.5) is 14.5 Å². The van der Waals surface area contributed by atoms with Crippen molar-refractivity contribution in [1.82, 2.24) is 14.8 Å². The van der Waals surface area contributed by atoms with Crippen LogP contribution in [0, 0.1) is 0 Å². The van der Waals surface area contributed by atoms with Gasteiger partial charge in [0.1, 0.15) is 6.54 Å². The Morgan fingerprint density at radius 2 is 1.97 bits per heavy atom. The van der Waals surface area contributed by atoms with Gasteiger partial charge in [-0.25, -0.2) is 13.8 Å². The van der Waals surface area contributed by atoms with Crippen molar-refractivity contribution in [3.63, 3.8) is 0 Å². The van der Waals surface area contributed by atoms with Crippen molar-refractivity contribution in [2.45, 2.75) is 19.5 Å². The molecule has 0 unspecified atom stereocenters. The standard InChI is InChI=1S/C20H18F2N4O3/c1-28-17-6-13(7-23-19(17)29-2)12-3-4-16-14(5-12)9-26(20(16)27)15-8-24-25(10-15)11-18(21)22/h3-8,10,18H,9,11H2,1-2H3. The van der Waals surface area contributed by atoms with Crippen molar-refractivity contribution in [3.8, 4) is 22.8 Å². The summed E-state index contributed by atoms with van der Waals surface area (Å²) in [6.07, 6.45) is 2.04. The summed E-state index contributed by atoms with van der Waals surface area (Å²) in [5.41, 5.74) is 3.59. The molecule has 0 aliphatic carbocycles. The number of ether oxygens (including phenoxy) is 2. The van der Waals surface area contributed by atoms with Gasteiger partial charge in [0.2, 0.25) is 0 Å². The van der Waals surface area contributed by atoms with E-state index in [4.69, 9.17) is 9.47 Å². The van der Waals surface area contributed by atoms with Gasteiger partial charge in [-0.05, 0) is 29.3 Å². The number of carbonyl (C=O) groups is 1. The SMILES string of the molecule is COc1cc(-c2ccc3c(c2)CN(c2cnn(CC(F)F)c2)C3=O)cnc1OC. The summed E-state index contributed by atoms with van der Waals surface area (Å²) in [7, 11) is 3.06. The number of pyridine rings is 1. The first-order valence-corrected chi connectivity index (χ1v) is 8.84. The lowest BCUT2D eigenvalue weighted by molar-refractivity contribution is 0.0996. The number of benzene rings is 1. The molecule has 0 N–H and O–H groups in total. The van der Waals surface area contributed by atoms with Crippen molar-refractivity contribution in [3.05, 3.63) is 54.0 Å². The first-order chi connectivity index (χ1) is 14.0. The molecule has 0 spiro atoms. The van der Waals surface area contributed by atoms with Crippen LogP contribution in [0.15, 0.2) is 42.9 Å². The second kappa shape index (κ2) is 7.50. The normalized spacial score (nSPS) is 13.1. The Bertz CT molecular complexity index is 1070. The van der Waals surface area contributed by atoms with Crippen LogP contribution in [0.3, 0.4) is 0 Å². The molecule has 0 bridgehead atoms. The van der Waals surface area contributed by atoms with Crippen LogP contribution in [0.25, 0.3) is 11.1 Å². The summed E-state index contributed by atoms with van der Waals surface area (Å²) >= 11 is 0. The van der Waals surface area contributed by atoms with Crippen LogP contribution < -0.4 is 14.4 Å². The van der Waals surface area contributed by atoms with Gasteiger partial charge in [0.25, 0.3) is 18.2 Å². The number of anilines is 1. The number of amides is 1. The van der Waals surface area contributed by atoms with Crippen LogP contribution in [-0.4, -0.2) is 41.3 Å². The lowest BCUT2D eigenvalue weighted by Crippen LogP contribution is -2.22. The zero-order chi connectivity index (χ0) is 20.5. The molecule has 0 fully saturated rings. The van der Waals surface area contributed by atoms with Crippen LogP contribution in [0.5, 0.6) is 11.6 Å². The Balaban J connectivity index is 1.61. The molecule has 3 heterocycles. The Morgan fingerprint density at radius 3 is 2.69 bits per heavy atom. The number of rotatable bonds is 6. The Kier molecular flexibility index (Phi) is 4.87. The number of carbonyl (C=O) groups excluding carboxylic acids is 1. The predicted molar refractivity (Wildman–Crippen MR) is 102 cm³/mol. The highest BCUT2D eigenvalue weighted by Crippen LogP contribution is 2.34. The molecular formula is C20H18F2N4O3. The van der Waals surface area contributed by atoms with E-state index >= 15 is 0 Å². The molecule has 9 heteroatoms. The van der Waals surface area contributed by atoms with Gasteiger partial charge in [-0.3, -0.25) is 9.48 Å². The first-order valence-electron chi connectivity index (χ1n) is 8.84. The second-order valence-corrected chi connectivity index (χ2v) is 6.51. The van der Waals surface area contributed by atoms with Crippen molar-refractivity contribution in [2.24, 2.45) is 0 Å². The van der Waals surface area contributed by atoms with E-state index in [2.05, 4.69) is 10.1 Å². The van der Waals surface area contributed by atoms with Gasteiger partial charge in [0, 0.05) is 23.5 Å². The number of alkyl halides is 2. The highest BCUT2D eigenvalue weighted by Gasteiger charge is 2.29. The lowest BCUT2D eigenvalue weighted by Gasteiger charge is -2.12. The fourth-order valence-electron chi connectivity index (χ4n) is 3.33. The van der Waals surface area contributed by atoms with Crippen LogP contribution >= 0.6 is 0 Å². The Labute approximate surface area is 165 Å². The van der Waals surface area contributed by atoms with Gasteiger partial charge in [0.05, 0.1) is 32.6 Å². The molecule has 29 heavy (non-hydrogen) atoms. The predicted octanol–water partition coefficient (Wildman–Crippen LogP) is 3.39. The zero-order valence-electron chi connectivity index (χ0n) is 15.8. The Morgan fingerprint density at radius 1 is 1.14 bits per heavy atom. The fraction of sp³-hybridized carbons (Fsp3) is 0.250. The number of methoxy groups -OCH3 is 2. The summed E-state index contributed by atoms with van der Waals surface area (Å²) in [4.78, 5) is 18.5. The highest BCUT2D eigenvalue weighted by atomic mass is 19.3. The third-order valence-electron chi connectivity index (χ3n) is 4.73. The van der Waals surface area contributed by atoms with Crippen molar-refractivity contribution >= 4 is 11.6 Å². The van der Waals surface area contributed by atoms with E-state index in [1.807, 2.05) is 18.2 Å². The minimum atomic E-state index is -2.51. The average molecular weight is 400 g/mol. The second-order valence-electron chi connectivity index (χ2n) is 6.51. The summed E-state index contributed by atoms with van der Waals surface area (Å²) in [6, 6.07) is 7.33.